The Labute approximate surface area is 196 Å². The molecule has 174 valence electrons. The van der Waals surface area contributed by atoms with Gasteiger partial charge >= 0.3 is 5.97 Å². The van der Waals surface area contributed by atoms with Crippen LogP contribution in [0, 0.1) is 17.1 Å². The van der Waals surface area contributed by atoms with Crippen molar-refractivity contribution in [2.45, 2.75) is 25.4 Å². The molecular formula is C25H24FN5O3. The number of hydrogen-bond donors (Lipinski definition) is 4. The molecule has 9 heteroatoms. The molecule has 8 nitrogen and oxygen atoms in total. The molecule has 0 radical (unpaired) electrons. The fourth-order valence-electron chi connectivity index (χ4n) is 3.34. The molecule has 0 bridgehead atoms. The Balaban J connectivity index is 1.90. The van der Waals surface area contributed by atoms with Crippen molar-refractivity contribution in [3.63, 3.8) is 0 Å². The van der Waals surface area contributed by atoms with Crippen LogP contribution >= 0.6 is 0 Å². The summed E-state index contributed by atoms with van der Waals surface area (Å²) in [5, 5.41) is 24.2. The lowest BCUT2D eigenvalue weighted by Crippen LogP contribution is -2.50. The average molecular weight is 461 g/mol. The predicted octanol–water partition coefficient (Wildman–Crippen LogP) is 2.94. The molecule has 2 aromatic carbocycles. The number of carboxylic acid groups (broad SMARTS) is 1. The summed E-state index contributed by atoms with van der Waals surface area (Å²) in [4.78, 5) is 28.6. The Kier molecular flexibility index (Phi) is 7.90. The van der Waals surface area contributed by atoms with E-state index in [0.717, 1.165) is 5.56 Å². The van der Waals surface area contributed by atoms with Gasteiger partial charge in [-0.3, -0.25) is 9.59 Å². The maximum Gasteiger partial charge on any atom is 0.322 e. The Morgan fingerprint density at radius 2 is 1.94 bits per heavy atom. The number of halogens is 1. The van der Waals surface area contributed by atoms with Crippen LogP contribution in [0.3, 0.4) is 0 Å². The molecule has 1 heterocycles. The van der Waals surface area contributed by atoms with Gasteiger partial charge in [0.15, 0.2) is 0 Å². The summed E-state index contributed by atoms with van der Waals surface area (Å²) in [6, 6.07) is 16.3. The van der Waals surface area contributed by atoms with Gasteiger partial charge in [-0.05, 0) is 49.2 Å². The molecule has 1 amide bonds. The van der Waals surface area contributed by atoms with Crippen molar-refractivity contribution in [2.24, 2.45) is 5.73 Å². The monoisotopic (exact) mass is 461 g/mol. The quantitative estimate of drug-likeness (QED) is 0.384. The highest BCUT2D eigenvalue weighted by molar-refractivity contribution is 5.99. The molecule has 0 saturated heterocycles. The van der Waals surface area contributed by atoms with E-state index < -0.39 is 24.0 Å². The van der Waals surface area contributed by atoms with Gasteiger partial charge in [0.1, 0.15) is 17.7 Å². The molecule has 0 aliphatic heterocycles. The van der Waals surface area contributed by atoms with Crippen molar-refractivity contribution in [1.82, 2.24) is 10.3 Å². The smallest absolute Gasteiger partial charge is 0.322 e. The van der Waals surface area contributed by atoms with E-state index in [0.29, 0.717) is 29.8 Å². The maximum atomic E-state index is 13.5. The van der Waals surface area contributed by atoms with Crippen LogP contribution in [-0.4, -0.2) is 40.6 Å². The fraction of sp³-hybridized carbons (Fsp3) is 0.200. The molecule has 0 aliphatic rings. The topological polar surface area (TPSA) is 141 Å². The molecule has 0 spiro atoms. The fourth-order valence-corrected chi connectivity index (χ4v) is 3.34. The van der Waals surface area contributed by atoms with Gasteiger partial charge in [-0.1, -0.05) is 30.3 Å². The van der Waals surface area contributed by atoms with Crippen LogP contribution in [0.25, 0.3) is 11.3 Å². The first-order valence-electron chi connectivity index (χ1n) is 10.6. The van der Waals surface area contributed by atoms with Crippen molar-refractivity contribution in [2.75, 3.05) is 11.9 Å². The summed E-state index contributed by atoms with van der Waals surface area (Å²) in [5.74, 6) is -1.88. The van der Waals surface area contributed by atoms with Gasteiger partial charge in [0, 0.05) is 12.1 Å². The number of pyridine rings is 1. The van der Waals surface area contributed by atoms with E-state index in [4.69, 9.17) is 10.8 Å². The molecule has 3 rings (SSSR count). The van der Waals surface area contributed by atoms with E-state index in [9.17, 15) is 19.2 Å². The number of amides is 1. The van der Waals surface area contributed by atoms with Gasteiger partial charge < -0.3 is 21.5 Å². The number of nitrogens with two attached hydrogens (primary N) is 1. The Bertz CT molecular complexity index is 1240. The van der Waals surface area contributed by atoms with Crippen LogP contribution in [0.1, 0.15) is 28.4 Å². The zero-order valence-corrected chi connectivity index (χ0v) is 18.5. The Hall–Kier alpha value is -4.29. The third-order valence-corrected chi connectivity index (χ3v) is 5.24. The number of carbonyl (C=O) groups is 2. The molecule has 5 N–H and O–H groups in total. The van der Waals surface area contributed by atoms with Gasteiger partial charge in [-0.2, -0.15) is 5.26 Å². The predicted molar refractivity (Wildman–Crippen MR) is 126 cm³/mol. The number of carboxylic acids is 1. The number of nitriles is 1. The van der Waals surface area contributed by atoms with Gasteiger partial charge in [-0.25, -0.2) is 9.37 Å². The van der Waals surface area contributed by atoms with Crippen LogP contribution in [-0.2, 0) is 11.2 Å². The lowest BCUT2D eigenvalue weighted by Gasteiger charge is -2.19. The molecule has 3 aromatic rings. The molecule has 1 aromatic heterocycles. The third-order valence-electron chi connectivity index (χ3n) is 5.24. The third kappa shape index (κ3) is 5.94. The number of aromatic nitrogens is 1. The SMILES string of the molecule is CC(NC(=O)c1ccc(-c2ccccc2C#N)nc1NCCc1cccc(F)c1)[C@@H](N)C(=O)O. The molecule has 34 heavy (non-hydrogen) atoms. The van der Waals surface area contributed by atoms with Crippen molar-refractivity contribution in [1.29, 1.82) is 5.26 Å². The van der Waals surface area contributed by atoms with Crippen LogP contribution in [0.2, 0.25) is 0 Å². The largest absolute Gasteiger partial charge is 0.480 e. The highest BCUT2D eigenvalue weighted by Gasteiger charge is 2.24. The van der Waals surface area contributed by atoms with E-state index in [1.165, 1.54) is 19.1 Å². The van der Waals surface area contributed by atoms with Crippen molar-refractivity contribution >= 4 is 17.7 Å². The standard InChI is InChI=1S/C25H24FN5O3/c1-15(22(28)25(33)34)30-24(32)20-9-10-21(19-8-3-2-6-17(19)14-27)31-23(20)29-12-11-16-5-4-7-18(26)13-16/h2-10,13,15,22H,11-12,28H2,1H3,(H,29,31)(H,30,32)(H,33,34)/t15?,22-/m1/s1. The van der Waals surface area contributed by atoms with Crippen molar-refractivity contribution in [3.05, 3.63) is 83.2 Å². The number of nitrogens with zero attached hydrogens (tertiary/aromatic N) is 2. The normalized spacial score (nSPS) is 12.3. The number of rotatable bonds is 9. The molecule has 2 atom stereocenters. The zero-order chi connectivity index (χ0) is 24.7. The van der Waals surface area contributed by atoms with Crippen LogP contribution in [0.15, 0.2) is 60.7 Å². The van der Waals surface area contributed by atoms with Crippen LogP contribution in [0.4, 0.5) is 10.2 Å². The van der Waals surface area contributed by atoms with E-state index in [1.54, 1.807) is 48.5 Å². The first kappa shape index (κ1) is 24.4. The number of carbonyl (C=O) groups excluding carboxylic acids is 1. The van der Waals surface area contributed by atoms with E-state index in [2.05, 4.69) is 21.7 Å². The lowest BCUT2D eigenvalue weighted by atomic mass is 10.0. The molecule has 1 unspecified atom stereocenters. The summed E-state index contributed by atoms with van der Waals surface area (Å²) in [6.07, 6.45) is 0.472. The average Bonchev–Trinajstić information content (AvgIpc) is 2.83. The second kappa shape index (κ2) is 11.0. The minimum Gasteiger partial charge on any atom is -0.480 e. The lowest BCUT2D eigenvalue weighted by molar-refractivity contribution is -0.139. The number of hydrogen-bond acceptors (Lipinski definition) is 6. The number of anilines is 1. The first-order chi connectivity index (χ1) is 16.3. The zero-order valence-electron chi connectivity index (χ0n) is 18.5. The minimum atomic E-state index is -1.27. The first-order valence-corrected chi connectivity index (χ1v) is 10.6. The van der Waals surface area contributed by atoms with Crippen molar-refractivity contribution in [3.8, 4) is 17.3 Å². The number of benzene rings is 2. The molecule has 0 aliphatic carbocycles. The van der Waals surface area contributed by atoms with Gasteiger partial charge in [-0.15, -0.1) is 0 Å². The summed E-state index contributed by atoms with van der Waals surface area (Å²) < 4.78 is 13.5. The number of aliphatic carboxylic acids is 1. The van der Waals surface area contributed by atoms with Crippen LogP contribution in [0.5, 0.6) is 0 Å². The summed E-state index contributed by atoms with van der Waals surface area (Å²) >= 11 is 0. The summed E-state index contributed by atoms with van der Waals surface area (Å²) in [6.45, 7) is 1.85. The Morgan fingerprint density at radius 1 is 1.18 bits per heavy atom. The van der Waals surface area contributed by atoms with E-state index in [1.807, 2.05) is 0 Å². The second-order valence-corrected chi connectivity index (χ2v) is 7.68. The highest BCUT2D eigenvalue weighted by atomic mass is 19.1. The van der Waals surface area contributed by atoms with Crippen LogP contribution < -0.4 is 16.4 Å². The molecule has 0 fully saturated rings. The van der Waals surface area contributed by atoms with Gasteiger partial charge in [0.25, 0.3) is 5.91 Å². The summed E-state index contributed by atoms with van der Waals surface area (Å²) in [7, 11) is 0. The number of nitrogens with one attached hydrogen (secondary N) is 2. The Morgan fingerprint density at radius 3 is 2.65 bits per heavy atom. The summed E-state index contributed by atoms with van der Waals surface area (Å²) in [5.41, 5.74) is 8.07. The van der Waals surface area contributed by atoms with Gasteiger partial charge in [0.05, 0.1) is 28.9 Å². The van der Waals surface area contributed by atoms with Crippen molar-refractivity contribution < 1.29 is 19.1 Å². The molecular weight excluding hydrogens is 437 g/mol. The molecule has 0 saturated carbocycles. The minimum absolute atomic E-state index is 0.182. The maximum absolute atomic E-state index is 13.5. The highest BCUT2D eigenvalue weighted by Crippen LogP contribution is 2.25. The van der Waals surface area contributed by atoms with E-state index in [-0.39, 0.29) is 17.2 Å². The second-order valence-electron chi connectivity index (χ2n) is 7.68. The van der Waals surface area contributed by atoms with Gasteiger partial charge in [0.2, 0.25) is 0 Å². The van der Waals surface area contributed by atoms with E-state index >= 15 is 0 Å².